The number of amides is 4. The maximum Gasteiger partial charge on any atom is 0.269 e. The largest absolute Gasteiger partial charge is 0.490 e. The smallest absolute Gasteiger partial charge is 0.269 e. The maximum atomic E-state index is 14.2. The number of anilines is 2. The van der Waals surface area contributed by atoms with Crippen LogP contribution in [-0.2, 0) is 20.8 Å². The first-order chi connectivity index (χ1) is 27.6. The summed E-state index contributed by atoms with van der Waals surface area (Å²) in [5, 5.41) is 20.1. The Labute approximate surface area is 337 Å². The second kappa shape index (κ2) is 18.3. The summed E-state index contributed by atoms with van der Waals surface area (Å²) in [4.78, 5) is 63.7. The van der Waals surface area contributed by atoms with Crippen LogP contribution in [0.4, 0.5) is 11.5 Å². The molecule has 3 N–H and O–H groups in total. The Balaban J connectivity index is 0.917. The van der Waals surface area contributed by atoms with Crippen molar-refractivity contribution in [1.82, 2.24) is 30.3 Å². The highest BCUT2D eigenvalue weighted by atomic mass is 35.5. The summed E-state index contributed by atoms with van der Waals surface area (Å²) in [5.74, 6) is 0.242. The quantitative estimate of drug-likeness (QED) is 0.255. The van der Waals surface area contributed by atoms with Crippen LogP contribution < -0.4 is 25.6 Å². The number of aromatic nitrogens is 3. The van der Waals surface area contributed by atoms with Gasteiger partial charge in [0.2, 0.25) is 17.7 Å². The number of nitriles is 1. The van der Waals surface area contributed by atoms with Gasteiger partial charge in [0.1, 0.15) is 11.8 Å². The van der Waals surface area contributed by atoms with E-state index in [2.05, 4.69) is 41.3 Å². The lowest BCUT2D eigenvalue weighted by atomic mass is 9.89. The van der Waals surface area contributed by atoms with E-state index in [0.717, 1.165) is 70.2 Å². The number of ether oxygens (including phenoxy) is 1. The van der Waals surface area contributed by atoms with Crippen molar-refractivity contribution in [1.29, 1.82) is 5.26 Å². The Morgan fingerprint density at radius 2 is 1.70 bits per heavy atom. The average molecular weight is 797 g/mol. The molecule has 4 aliphatic rings. The molecular formula is C41H49ClN10O5. The number of nitrogens with two attached hydrogens (primary N) is 1. The number of nitrogens with one attached hydrogen (secondary N) is 1. The molecule has 3 aliphatic heterocycles. The van der Waals surface area contributed by atoms with Gasteiger partial charge in [-0.25, -0.2) is 0 Å². The fraction of sp³-hybridized carbons (Fsp3) is 0.512. The van der Waals surface area contributed by atoms with E-state index in [1.54, 1.807) is 30.5 Å². The van der Waals surface area contributed by atoms with Crippen LogP contribution in [-0.4, -0.2) is 113 Å². The van der Waals surface area contributed by atoms with E-state index < -0.39 is 11.8 Å². The second-order valence-electron chi connectivity index (χ2n) is 15.5. The van der Waals surface area contributed by atoms with Gasteiger partial charge >= 0.3 is 0 Å². The number of imide groups is 1. The molecule has 0 bridgehead atoms. The minimum Gasteiger partial charge on any atom is -0.490 e. The van der Waals surface area contributed by atoms with Crippen LogP contribution in [0.1, 0.15) is 73.1 Å². The van der Waals surface area contributed by atoms with E-state index in [4.69, 9.17) is 22.1 Å². The molecule has 0 spiro atoms. The Morgan fingerprint density at radius 1 is 0.930 bits per heavy atom. The van der Waals surface area contributed by atoms with E-state index in [0.29, 0.717) is 60.1 Å². The van der Waals surface area contributed by atoms with Gasteiger partial charge in [0.15, 0.2) is 11.5 Å². The lowest BCUT2D eigenvalue weighted by Crippen LogP contribution is -2.51. The van der Waals surface area contributed by atoms with Crippen LogP contribution in [0.25, 0.3) is 0 Å². The second-order valence-corrected chi connectivity index (χ2v) is 15.9. The van der Waals surface area contributed by atoms with Crippen molar-refractivity contribution in [2.75, 3.05) is 62.2 Å². The molecule has 4 fully saturated rings. The number of carbonyl (C=O) groups is 4. The van der Waals surface area contributed by atoms with Crippen LogP contribution in [0.2, 0.25) is 5.02 Å². The third kappa shape index (κ3) is 10.2. The zero-order valence-electron chi connectivity index (χ0n) is 32.0. The van der Waals surface area contributed by atoms with E-state index in [9.17, 15) is 24.4 Å². The summed E-state index contributed by atoms with van der Waals surface area (Å²) in [5.41, 5.74) is 7.59. The molecule has 1 atom stereocenters. The zero-order valence-corrected chi connectivity index (χ0v) is 32.8. The van der Waals surface area contributed by atoms with Crippen LogP contribution >= 0.6 is 11.6 Å². The number of benzene rings is 1. The topological polar surface area (TPSA) is 191 Å². The van der Waals surface area contributed by atoms with Gasteiger partial charge in [0, 0.05) is 82.8 Å². The highest BCUT2D eigenvalue weighted by Gasteiger charge is 2.35. The normalized spacial score (nSPS) is 22.1. The third-order valence-electron chi connectivity index (χ3n) is 11.8. The van der Waals surface area contributed by atoms with Crippen molar-refractivity contribution in [2.24, 2.45) is 17.6 Å². The van der Waals surface area contributed by atoms with E-state index in [1.807, 2.05) is 23.1 Å². The fourth-order valence-corrected chi connectivity index (χ4v) is 8.68. The van der Waals surface area contributed by atoms with Crippen LogP contribution in [0.5, 0.6) is 5.75 Å². The van der Waals surface area contributed by atoms with Gasteiger partial charge in [-0.15, -0.1) is 10.2 Å². The first kappa shape index (κ1) is 39.9. The molecular weight excluding hydrogens is 748 g/mol. The van der Waals surface area contributed by atoms with Crippen LogP contribution in [0, 0.1) is 23.2 Å². The van der Waals surface area contributed by atoms with Crippen molar-refractivity contribution in [3.8, 4) is 11.8 Å². The minimum absolute atomic E-state index is 0.0692. The third-order valence-corrected chi connectivity index (χ3v) is 12.1. The number of rotatable bonds is 12. The predicted octanol–water partition coefficient (Wildman–Crippen LogP) is 3.35. The molecule has 15 nitrogen and oxygen atoms in total. The molecule has 1 aliphatic carbocycles. The number of primary amides is 1. The number of halogens is 1. The number of carbonyl (C=O) groups excluding carboxylic acids is 4. The van der Waals surface area contributed by atoms with E-state index in [1.165, 1.54) is 0 Å². The molecule has 1 aromatic carbocycles. The number of hydrogen-bond donors (Lipinski definition) is 2. The summed E-state index contributed by atoms with van der Waals surface area (Å²) in [6.07, 6.45) is 7.43. The van der Waals surface area contributed by atoms with E-state index in [-0.39, 0.29) is 54.9 Å². The van der Waals surface area contributed by atoms with Crippen molar-refractivity contribution in [3.05, 3.63) is 70.6 Å². The number of pyridine rings is 1. The molecule has 2 aromatic heterocycles. The molecule has 5 heterocycles. The Hall–Kier alpha value is -5.33. The number of piperazine rings is 1. The SMILES string of the molecule is N#Cc1ccc(OC2CCC(N(CC3CCC(=O)NC3=O)C(=O)Cc3cc(N4CCN(CC5CCN(c6ccc(C(N)=O)nn6)CC5)CC4)ccn3)CC2)cc1Cl. The number of nitrogens with zero attached hydrogens (tertiary/aromatic N) is 8. The Bertz CT molecular complexity index is 1970. The van der Waals surface area contributed by atoms with Gasteiger partial charge in [0.25, 0.3) is 5.91 Å². The first-order valence-electron chi connectivity index (χ1n) is 19.9. The molecule has 1 saturated carbocycles. The van der Waals surface area contributed by atoms with Gasteiger partial charge in [-0.1, -0.05) is 11.6 Å². The minimum atomic E-state index is -0.579. The fourth-order valence-electron chi connectivity index (χ4n) is 8.47. The molecule has 16 heteroatoms. The average Bonchev–Trinajstić information content (AvgIpc) is 3.22. The van der Waals surface area contributed by atoms with Gasteiger partial charge in [-0.2, -0.15) is 5.26 Å². The van der Waals surface area contributed by atoms with E-state index >= 15 is 0 Å². The lowest BCUT2D eigenvalue weighted by Gasteiger charge is -2.40. The molecule has 0 radical (unpaired) electrons. The highest BCUT2D eigenvalue weighted by molar-refractivity contribution is 6.31. The molecule has 7 rings (SSSR count). The van der Waals surface area contributed by atoms with Crippen molar-refractivity contribution < 1.29 is 23.9 Å². The van der Waals surface area contributed by atoms with Crippen molar-refractivity contribution in [3.63, 3.8) is 0 Å². The van der Waals surface area contributed by atoms with Gasteiger partial charge in [0.05, 0.1) is 34.7 Å². The maximum absolute atomic E-state index is 14.2. The molecule has 3 aromatic rings. The molecule has 57 heavy (non-hydrogen) atoms. The monoisotopic (exact) mass is 796 g/mol. The van der Waals surface area contributed by atoms with Gasteiger partial charge in [-0.05, 0) is 87.3 Å². The first-order valence-corrected chi connectivity index (χ1v) is 20.3. The van der Waals surface area contributed by atoms with Gasteiger partial charge < -0.3 is 25.2 Å². The summed E-state index contributed by atoms with van der Waals surface area (Å²) < 4.78 is 6.21. The summed E-state index contributed by atoms with van der Waals surface area (Å²) in [6, 6.07) is 14.5. The lowest BCUT2D eigenvalue weighted by molar-refractivity contribution is -0.140. The Kier molecular flexibility index (Phi) is 12.8. The standard InChI is InChI=1S/C41H49ClN10O5/c42-35-23-34(5-1-28(35)24-43)57-33-6-3-31(4-7-33)52(26-29-2-10-38(53)46-41(29)56)39(54)22-30-21-32(11-14-45-30)50-19-17-49(18-20-50)25-27-12-15-51(16-13-27)37-9-8-36(40(44)55)47-48-37/h1,5,8-9,11,14,21,23,27,29,31,33H,2-4,6-7,10,12-13,15-20,22,25-26H2,(H2,44,55)(H,46,53,56). The molecule has 4 amide bonds. The predicted molar refractivity (Wildman–Crippen MR) is 213 cm³/mol. The summed E-state index contributed by atoms with van der Waals surface area (Å²) >= 11 is 6.22. The summed E-state index contributed by atoms with van der Waals surface area (Å²) in [7, 11) is 0. The summed E-state index contributed by atoms with van der Waals surface area (Å²) in [6.45, 7) is 6.72. The number of hydrogen-bond acceptors (Lipinski definition) is 12. The van der Waals surface area contributed by atoms with Crippen LogP contribution in [0.3, 0.4) is 0 Å². The highest BCUT2D eigenvalue weighted by Crippen LogP contribution is 2.31. The van der Waals surface area contributed by atoms with Crippen molar-refractivity contribution in [2.45, 2.75) is 69.9 Å². The molecule has 1 unspecified atom stereocenters. The number of piperidine rings is 2. The van der Waals surface area contributed by atoms with Crippen molar-refractivity contribution >= 4 is 46.7 Å². The zero-order chi connectivity index (χ0) is 39.9. The van der Waals surface area contributed by atoms with Gasteiger partial charge in [-0.3, -0.25) is 34.4 Å². The Morgan fingerprint density at radius 3 is 2.37 bits per heavy atom. The molecule has 3 saturated heterocycles. The van der Waals surface area contributed by atoms with Crippen LogP contribution in [0.15, 0.2) is 48.7 Å². The molecule has 300 valence electrons.